The van der Waals surface area contributed by atoms with Crippen molar-refractivity contribution in [1.82, 2.24) is 0 Å². The fraction of sp³-hybridized carbons (Fsp3) is 0.357. The zero-order valence-electron chi connectivity index (χ0n) is 14.1. The molecule has 1 aromatic rings. The Kier molecular flexibility index (Phi) is 6.17. The van der Waals surface area contributed by atoms with Crippen LogP contribution in [0.3, 0.4) is 0 Å². The van der Waals surface area contributed by atoms with Crippen LogP contribution in [-0.2, 0) is 28.1 Å². The number of alkyl halides is 9. The Morgan fingerprint density at radius 2 is 0.931 bits per heavy atom. The molecule has 0 aliphatic heterocycles. The van der Waals surface area contributed by atoms with Crippen LogP contribution < -0.4 is 10.6 Å². The van der Waals surface area contributed by atoms with E-state index in [1.165, 1.54) is 0 Å². The third-order valence-electron chi connectivity index (χ3n) is 3.17. The molecule has 0 heterocycles. The largest absolute Gasteiger partial charge is 0.478 e. The smallest absolute Gasteiger partial charge is 0.420 e. The lowest BCUT2D eigenvalue weighted by Crippen LogP contribution is -2.29. The van der Waals surface area contributed by atoms with Gasteiger partial charge in [0.25, 0.3) is 0 Å². The molecule has 0 aliphatic carbocycles. The molecule has 0 unspecified atom stereocenters. The van der Waals surface area contributed by atoms with Gasteiger partial charge in [0.15, 0.2) is 0 Å². The molecular formula is C14H9F9N2O4. The van der Waals surface area contributed by atoms with Gasteiger partial charge in [0, 0.05) is 13.8 Å². The Morgan fingerprint density at radius 3 is 1.10 bits per heavy atom. The van der Waals surface area contributed by atoms with Crippen LogP contribution in [0.2, 0.25) is 0 Å². The van der Waals surface area contributed by atoms with Gasteiger partial charge in [-0.2, -0.15) is 39.5 Å². The number of carboxylic acids is 1. The van der Waals surface area contributed by atoms with Gasteiger partial charge in [0.05, 0.1) is 28.1 Å². The summed E-state index contributed by atoms with van der Waals surface area (Å²) in [5.74, 6) is -6.05. The number of carbonyl (C=O) groups is 3. The van der Waals surface area contributed by atoms with Crippen molar-refractivity contribution in [3.63, 3.8) is 0 Å². The summed E-state index contributed by atoms with van der Waals surface area (Å²) in [5, 5.41) is 11.1. The first-order valence-electron chi connectivity index (χ1n) is 7.04. The average Bonchev–Trinajstić information content (AvgIpc) is 2.40. The van der Waals surface area contributed by atoms with Crippen molar-refractivity contribution >= 4 is 29.2 Å². The molecule has 1 rings (SSSR count). The molecule has 2 amide bonds. The number of amides is 2. The highest BCUT2D eigenvalue weighted by Gasteiger charge is 2.53. The summed E-state index contributed by atoms with van der Waals surface area (Å²) in [7, 11) is 0. The summed E-state index contributed by atoms with van der Waals surface area (Å²) in [5.41, 5.74) is -15.7. The molecule has 0 bridgehead atoms. The molecule has 29 heavy (non-hydrogen) atoms. The van der Waals surface area contributed by atoms with Crippen LogP contribution in [0.25, 0.3) is 0 Å². The number of anilines is 2. The standard InChI is InChI=1S/C14H9F9N2O4/c1-3(26)24-9-6(12(15,16)17)5(11(28)29)7(13(18,19)20)10(25-4(2)27)8(9)14(21,22)23/h1-2H3,(H,24,26)(H,25,27)(H,28,29). The number of hydrogen-bond donors (Lipinski definition) is 3. The highest BCUT2D eigenvalue weighted by molar-refractivity contribution is 6.03. The van der Waals surface area contributed by atoms with Crippen molar-refractivity contribution in [2.24, 2.45) is 0 Å². The van der Waals surface area contributed by atoms with Crippen molar-refractivity contribution in [1.29, 1.82) is 0 Å². The third kappa shape index (κ3) is 5.08. The SMILES string of the molecule is CC(=O)Nc1c(C(F)(F)F)c(NC(C)=O)c(C(F)(F)F)c(C(=O)O)c1C(F)(F)F. The highest BCUT2D eigenvalue weighted by atomic mass is 19.4. The van der Waals surface area contributed by atoms with Crippen LogP contribution in [0.5, 0.6) is 0 Å². The number of nitrogens with one attached hydrogen (secondary N) is 2. The molecule has 162 valence electrons. The second kappa shape index (κ2) is 7.44. The number of halogens is 9. The lowest BCUT2D eigenvalue weighted by atomic mass is 9.90. The van der Waals surface area contributed by atoms with Crippen molar-refractivity contribution < 1.29 is 59.0 Å². The van der Waals surface area contributed by atoms with Gasteiger partial charge in [-0.15, -0.1) is 0 Å². The van der Waals surface area contributed by atoms with E-state index in [-0.39, 0.29) is 0 Å². The molecule has 0 saturated carbocycles. The van der Waals surface area contributed by atoms with E-state index in [2.05, 4.69) is 0 Å². The zero-order valence-corrected chi connectivity index (χ0v) is 14.1. The molecule has 3 N–H and O–H groups in total. The Morgan fingerprint density at radius 1 is 0.655 bits per heavy atom. The molecule has 6 nitrogen and oxygen atoms in total. The number of hydrogen-bond acceptors (Lipinski definition) is 3. The maximum absolute atomic E-state index is 13.5. The van der Waals surface area contributed by atoms with Gasteiger partial charge in [-0.25, -0.2) is 4.79 Å². The summed E-state index contributed by atoms with van der Waals surface area (Å²) in [4.78, 5) is 33.6. The zero-order chi connectivity index (χ0) is 23.1. The van der Waals surface area contributed by atoms with Crippen LogP contribution in [0.1, 0.15) is 40.9 Å². The summed E-state index contributed by atoms with van der Waals surface area (Å²) < 4.78 is 121. The summed E-state index contributed by atoms with van der Waals surface area (Å²) in [6.07, 6.45) is -18.1. The Bertz CT molecular complexity index is 815. The molecule has 0 fully saturated rings. The fourth-order valence-corrected chi connectivity index (χ4v) is 2.42. The quantitative estimate of drug-likeness (QED) is 0.609. The molecule has 1 aromatic carbocycles. The summed E-state index contributed by atoms with van der Waals surface area (Å²) in [6.45, 7) is 0.882. The molecule has 0 radical (unpaired) electrons. The van der Waals surface area contributed by atoms with Crippen LogP contribution in [0.4, 0.5) is 50.9 Å². The predicted molar refractivity (Wildman–Crippen MR) is 77.0 cm³/mol. The van der Waals surface area contributed by atoms with Gasteiger partial charge in [0.1, 0.15) is 5.56 Å². The predicted octanol–water partition coefficient (Wildman–Crippen LogP) is 4.36. The Labute approximate surface area is 154 Å². The monoisotopic (exact) mass is 440 g/mol. The highest BCUT2D eigenvalue weighted by Crippen LogP contribution is 2.53. The third-order valence-corrected chi connectivity index (χ3v) is 3.17. The molecule has 0 aliphatic rings. The van der Waals surface area contributed by atoms with Crippen molar-refractivity contribution in [3.05, 3.63) is 22.3 Å². The van der Waals surface area contributed by atoms with E-state index in [1.807, 2.05) is 0 Å². The maximum atomic E-state index is 13.5. The number of benzene rings is 1. The van der Waals surface area contributed by atoms with E-state index in [0.29, 0.717) is 13.8 Å². The minimum absolute atomic E-state index is 0.441. The maximum Gasteiger partial charge on any atom is 0.420 e. The topological polar surface area (TPSA) is 95.5 Å². The fourth-order valence-electron chi connectivity index (χ4n) is 2.42. The lowest BCUT2D eigenvalue weighted by Gasteiger charge is -2.27. The molecule has 0 atom stereocenters. The van der Waals surface area contributed by atoms with Crippen molar-refractivity contribution in [2.75, 3.05) is 10.6 Å². The van der Waals surface area contributed by atoms with E-state index in [0.717, 1.165) is 10.6 Å². The van der Waals surface area contributed by atoms with Crippen LogP contribution in [-0.4, -0.2) is 22.9 Å². The minimum Gasteiger partial charge on any atom is -0.478 e. The first-order valence-corrected chi connectivity index (χ1v) is 7.04. The van der Waals surface area contributed by atoms with Gasteiger partial charge in [-0.3, -0.25) is 9.59 Å². The first-order chi connectivity index (χ1) is 12.8. The first kappa shape index (κ1) is 24.0. The van der Waals surface area contributed by atoms with Crippen LogP contribution in [0.15, 0.2) is 0 Å². The van der Waals surface area contributed by atoms with Gasteiger partial charge >= 0.3 is 24.5 Å². The van der Waals surface area contributed by atoms with Crippen molar-refractivity contribution in [2.45, 2.75) is 32.4 Å². The number of carbonyl (C=O) groups excluding carboxylic acids is 2. The van der Waals surface area contributed by atoms with Crippen LogP contribution in [0, 0.1) is 0 Å². The van der Waals surface area contributed by atoms with E-state index in [4.69, 9.17) is 5.11 Å². The molecular weight excluding hydrogens is 431 g/mol. The van der Waals surface area contributed by atoms with E-state index in [9.17, 15) is 53.9 Å². The normalized spacial score (nSPS) is 12.5. The van der Waals surface area contributed by atoms with E-state index in [1.54, 1.807) is 0 Å². The molecule has 0 spiro atoms. The molecule has 0 saturated heterocycles. The Balaban J connectivity index is 4.55. The van der Waals surface area contributed by atoms with Gasteiger partial charge in [-0.1, -0.05) is 0 Å². The minimum atomic E-state index is -6.07. The van der Waals surface area contributed by atoms with Gasteiger partial charge < -0.3 is 15.7 Å². The van der Waals surface area contributed by atoms with E-state index < -0.39 is 69.9 Å². The summed E-state index contributed by atoms with van der Waals surface area (Å²) in [6, 6.07) is 0. The molecule has 0 aromatic heterocycles. The molecule has 15 heteroatoms. The van der Waals surface area contributed by atoms with Crippen molar-refractivity contribution in [3.8, 4) is 0 Å². The number of carboxylic acid groups (broad SMARTS) is 1. The average molecular weight is 440 g/mol. The lowest BCUT2D eigenvalue weighted by molar-refractivity contribution is -0.147. The number of aromatic carboxylic acids is 1. The number of rotatable bonds is 3. The van der Waals surface area contributed by atoms with Crippen LogP contribution >= 0.6 is 0 Å². The summed E-state index contributed by atoms with van der Waals surface area (Å²) >= 11 is 0. The Hall–Kier alpha value is -3.00. The second-order valence-corrected chi connectivity index (χ2v) is 5.41. The van der Waals surface area contributed by atoms with E-state index >= 15 is 0 Å². The second-order valence-electron chi connectivity index (χ2n) is 5.41. The van der Waals surface area contributed by atoms with Gasteiger partial charge in [-0.05, 0) is 0 Å². The van der Waals surface area contributed by atoms with Gasteiger partial charge in [0.2, 0.25) is 11.8 Å².